The highest BCUT2D eigenvalue weighted by Crippen LogP contribution is 2.09. The second-order valence-corrected chi connectivity index (χ2v) is 7.77. The Morgan fingerprint density at radius 1 is 1.19 bits per heavy atom. The zero-order chi connectivity index (χ0) is 20.5. The summed E-state index contributed by atoms with van der Waals surface area (Å²) in [6, 6.07) is 3.73. The van der Waals surface area contributed by atoms with Crippen LogP contribution in [0.5, 0.6) is 5.88 Å². The molecule has 1 amide bonds. The molecule has 8 nitrogen and oxygen atoms in total. The summed E-state index contributed by atoms with van der Waals surface area (Å²) in [6.07, 6.45) is 1.29. The van der Waals surface area contributed by atoms with Crippen molar-refractivity contribution in [3.8, 4) is 5.88 Å². The molecule has 0 unspecified atom stereocenters. The number of rotatable bonds is 7. The Labute approximate surface area is 162 Å². The molecule has 0 spiro atoms. The third kappa shape index (κ3) is 9.67. The van der Waals surface area contributed by atoms with Crippen LogP contribution >= 0.6 is 0 Å². The Hall–Kier alpha value is -2.51. The molecule has 0 aromatic carbocycles. The van der Waals surface area contributed by atoms with Gasteiger partial charge in [-0.25, -0.2) is 14.8 Å². The number of ether oxygens (including phenoxy) is 2. The standard InChI is InChI=1S/C19H33N5O3/c1-8-20-16(22-12-14-9-10-15(26-7)21-11-14)23-13-19(5,6)24-17(25)27-18(2,3)4/h9-11H,8,12-13H2,1-7H3,(H,24,25)(H2,20,22,23). The number of hydrogen-bond acceptors (Lipinski definition) is 5. The van der Waals surface area contributed by atoms with E-state index in [9.17, 15) is 4.79 Å². The van der Waals surface area contributed by atoms with Gasteiger partial charge in [-0.05, 0) is 47.1 Å². The Kier molecular flexibility index (Phi) is 8.33. The van der Waals surface area contributed by atoms with E-state index in [0.717, 1.165) is 12.1 Å². The lowest BCUT2D eigenvalue weighted by atomic mass is 10.1. The Balaban J connectivity index is 2.62. The molecular weight excluding hydrogens is 346 g/mol. The highest BCUT2D eigenvalue weighted by molar-refractivity contribution is 5.80. The highest BCUT2D eigenvalue weighted by atomic mass is 16.6. The van der Waals surface area contributed by atoms with Gasteiger partial charge in [0.25, 0.3) is 0 Å². The van der Waals surface area contributed by atoms with Crippen LogP contribution in [0.15, 0.2) is 23.3 Å². The second-order valence-electron chi connectivity index (χ2n) is 7.77. The average molecular weight is 380 g/mol. The quantitative estimate of drug-likeness (QED) is 0.497. The van der Waals surface area contributed by atoms with E-state index in [-0.39, 0.29) is 0 Å². The molecule has 1 heterocycles. The van der Waals surface area contributed by atoms with Gasteiger partial charge in [-0.3, -0.25) is 0 Å². The van der Waals surface area contributed by atoms with Crippen LogP contribution in [-0.4, -0.2) is 48.4 Å². The molecule has 0 aliphatic heterocycles. The van der Waals surface area contributed by atoms with Gasteiger partial charge in [-0.15, -0.1) is 0 Å². The lowest BCUT2D eigenvalue weighted by Gasteiger charge is -2.29. The molecule has 0 radical (unpaired) electrons. The van der Waals surface area contributed by atoms with Gasteiger partial charge in [0.05, 0.1) is 19.2 Å². The van der Waals surface area contributed by atoms with Gasteiger partial charge in [0.15, 0.2) is 5.96 Å². The van der Waals surface area contributed by atoms with E-state index in [1.54, 1.807) is 19.4 Å². The van der Waals surface area contributed by atoms with Crippen molar-refractivity contribution < 1.29 is 14.3 Å². The predicted octanol–water partition coefficient (Wildman–Crippen LogP) is 2.45. The van der Waals surface area contributed by atoms with E-state index in [1.165, 1.54) is 0 Å². The summed E-state index contributed by atoms with van der Waals surface area (Å²) >= 11 is 0. The summed E-state index contributed by atoms with van der Waals surface area (Å²) in [5, 5.41) is 9.30. The molecule has 3 N–H and O–H groups in total. The molecule has 1 rings (SSSR count). The Bertz CT molecular complexity index is 621. The van der Waals surface area contributed by atoms with Gasteiger partial charge in [0.2, 0.25) is 5.88 Å². The first-order valence-corrected chi connectivity index (χ1v) is 9.07. The molecule has 0 aliphatic rings. The van der Waals surface area contributed by atoms with Gasteiger partial charge in [-0.2, -0.15) is 0 Å². The van der Waals surface area contributed by atoms with Gasteiger partial charge >= 0.3 is 6.09 Å². The van der Waals surface area contributed by atoms with Crippen molar-refractivity contribution in [1.82, 2.24) is 20.9 Å². The van der Waals surface area contributed by atoms with Crippen LogP contribution in [0, 0.1) is 0 Å². The molecule has 0 saturated carbocycles. The van der Waals surface area contributed by atoms with Crippen molar-refractivity contribution in [2.24, 2.45) is 4.99 Å². The normalized spacial score (nSPS) is 12.3. The highest BCUT2D eigenvalue weighted by Gasteiger charge is 2.24. The van der Waals surface area contributed by atoms with E-state index in [4.69, 9.17) is 9.47 Å². The van der Waals surface area contributed by atoms with Crippen molar-refractivity contribution in [2.75, 3.05) is 20.2 Å². The lowest BCUT2D eigenvalue weighted by molar-refractivity contribution is 0.0474. The first-order valence-electron chi connectivity index (χ1n) is 9.07. The number of hydrogen-bond donors (Lipinski definition) is 3. The number of methoxy groups -OCH3 is 1. The van der Waals surface area contributed by atoms with E-state index in [0.29, 0.717) is 24.9 Å². The summed E-state index contributed by atoms with van der Waals surface area (Å²) in [5.41, 5.74) is -0.0736. The zero-order valence-electron chi connectivity index (χ0n) is 17.5. The third-order valence-electron chi connectivity index (χ3n) is 3.31. The maximum Gasteiger partial charge on any atom is 0.408 e. The van der Waals surface area contributed by atoms with Crippen molar-refractivity contribution in [1.29, 1.82) is 0 Å². The Morgan fingerprint density at radius 2 is 1.89 bits per heavy atom. The molecule has 27 heavy (non-hydrogen) atoms. The molecule has 8 heteroatoms. The van der Waals surface area contributed by atoms with Crippen LogP contribution in [0.25, 0.3) is 0 Å². The van der Waals surface area contributed by atoms with Crippen LogP contribution < -0.4 is 20.7 Å². The van der Waals surface area contributed by atoms with E-state index < -0.39 is 17.2 Å². The number of guanidine groups is 1. The molecule has 0 saturated heterocycles. The maximum absolute atomic E-state index is 12.0. The minimum absolute atomic E-state index is 0.444. The van der Waals surface area contributed by atoms with Crippen LogP contribution in [0.3, 0.4) is 0 Å². The van der Waals surface area contributed by atoms with Crippen LogP contribution in [0.4, 0.5) is 4.79 Å². The molecule has 0 bridgehead atoms. The molecule has 0 aliphatic carbocycles. The number of alkyl carbamates (subject to hydrolysis) is 1. The number of nitrogens with zero attached hydrogens (tertiary/aromatic N) is 2. The fourth-order valence-corrected chi connectivity index (χ4v) is 2.07. The van der Waals surface area contributed by atoms with Gasteiger partial charge in [0, 0.05) is 25.4 Å². The molecule has 0 atom stereocenters. The topological polar surface area (TPSA) is 96.9 Å². The van der Waals surface area contributed by atoms with Gasteiger partial charge in [-0.1, -0.05) is 6.07 Å². The smallest absolute Gasteiger partial charge is 0.408 e. The van der Waals surface area contributed by atoms with Crippen molar-refractivity contribution in [3.05, 3.63) is 23.9 Å². The minimum atomic E-state index is -0.531. The van der Waals surface area contributed by atoms with E-state index in [1.807, 2.05) is 47.6 Å². The molecule has 0 fully saturated rings. The Morgan fingerprint density at radius 3 is 2.41 bits per heavy atom. The largest absolute Gasteiger partial charge is 0.481 e. The minimum Gasteiger partial charge on any atom is -0.481 e. The number of carbonyl (C=O) groups excluding carboxylic acids is 1. The summed E-state index contributed by atoms with van der Waals surface area (Å²) in [4.78, 5) is 20.7. The predicted molar refractivity (Wildman–Crippen MR) is 107 cm³/mol. The average Bonchev–Trinajstić information content (AvgIpc) is 2.55. The number of amides is 1. The first kappa shape index (κ1) is 22.5. The van der Waals surface area contributed by atoms with Gasteiger partial charge < -0.3 is 25.4 Å². The van der Waals surface area contributed by atoms with Crippen molar-refractivity contribution >= 4 is 12.1 Å². The van der Waals surface area contributed by atoms with Crippen molar-refractivity contribution in [3.63, 3.8) is 0 Å². The molecule has 1 aromatic rings. The number of pyridine rings is 1. The lowest BCUT2D eigenvalue weighted by Crippen LogP contribution is -2.54. The summed E-state index contributed by atoms with van der Waals surface area (Å²) < 4.78 is 10.4. The van der Waals surface area contributed by atoms with E-state index in [2.05, 4.69) is 25.9 Å². The fraction of sp³-hybridized carbons (Fsp3) is 0.632. The van der Waals surface area contributed by atoms with Crippen LogP contribution in [0.1, 0.15) is 47.1 Å². The van der Waals surface area contributed by atoms with Crippen molar-refractivity contribution in [2.45, 2.75) is 59.2 Å². The SMILES string of the molecule is CCNC(=NCc1ccc(OC)nc1)NCC(C)(C)NC(=O)OC(C)(C)C. The molecule has 1 aromatic heterocycles. The molecular formula is C19H33N5O3. The third-order valence-corrected chi connectivity index (χ3v) is 3.31. The number of nitrogens with one attached hydrogen (secondary N) is 3. The maximum atomic E-state index is 12.0. The molecule has 152 valence electrons. The summed E-state index contributed by atoms with van der Waals surface area (Å²) in [6.45, 7) is 13.0. The zero-order valence-corrected chi connectivity index (χ0v) is 17.5. The monoisotopic (exact) mass is 379 g/mol. The van der Waals surface area contributed by atoms with Gasteiger partial charge in [0.1, 0.15) is 5.60 Å². The number of carbonyl (C=O) groups is 1. The summed E-state index contributed by atoms with van der Waals surface area (Å²) in [7, 11) is 1.58. The first-order chi connectivity index (χ1) is 12.5. The second kappa shape index (κ2) is 9.99. The summed E-state index contributed by atoms with van der Waals surface area (Å²) in [5.74, 6) is 1.23. The fourth-order valence-electron chi connectivity index (χ4n) is 2.07. The van der Waals surface area contributed by atoms with E-state index >= 15 is 0 Å². The van der Waals surface area contributed by atoms with Crippen LogP contribution in [-0.2, 0) is 11.3 Å². The number of aliphatic imine (C=N–C) groups is 1. The van der Waals surface area contributed by atoms with Crippen LogP contribution in [0.2, 0.25) is 0 Å². The number of aromatic nitrogens is 1.